The van der Waals surface area contributed by atoms with E-state index in [1.165, 1.54) is 11.1 Å². The molecule has 0 radical (unpaired) electrons. The fourth-order valence-corrected chi connectivity index (χ4v) is 4.43. The second kappa shape index (κ2) is 8.34. The summed E-state index contributed by atoms with van der Waals surface area (Å²) in [5.41, 5.74) is 2.34. The molecule has 26 heavy (non-hydrogen) atoms. The molecule has 0 amide bonds. The van der Waals surface area contributed by atoms with E-state index in [0.717, 1.165) is 32.5 Å². The number of hydrogen-bond acceptors (Lipinski definition) is 3. The summed E-state index contributed by atoms with van der Waals surface area (Å²) < 4.78 is 6.01. The summed E-state index contributed by atoms with van der Waals surface area (Å²) in [5.74, 6) is 0.150. The Balaban J connectivity index is 1.80. The van der Waals surface area contributed by atoms with Crippen LogP contribution in [0.3, 0.4) is 0 Å². The summed E-state index contributed by atoms with van der Waals surface area (Å²) >= 11 is 0. The molecule has 140 valence electrons. The number of aliphatic hydroxyl groups excluding tert-OH is 1. The van der Waals surface area contributed by atoms with Gasteiger partial charge in [0.25, 0.3) is 0 Å². The van der Waals surface area contributed by atoms with Crippen LogP contribution in [0.2, 0.25) is 0 Å². The molecular weight excluding hydrogens is 322 g/mol. The van der Waals surface area contributed by atoms with E-state index >= 15 is 0 Å². The van der Waals surface area contributed by atoms with Crippen molar-refractivity contribution in [2.24, 2.45) is 5.92 Å². The number of benzene rings is 2. The molecule has 1 aliphatic rings. The van der Waals surface area contributed by atoms with Gasteiger partial charge < -0.3 is 15.2 Å². The van der Waals surface area contributed by atoms with Gasteiger partial charge in [-0.3, -0.25) is 0 Å². The van der Waals surface area contributed by atoms with Crippen LogP contribution in [0.25, 0.3) is 0 Å². The topological polar surface area (TPSA) is 41.5 Å². The minimum absolute atomic E-state index is 0.0680. The van der Waals surface area contributed by atoms with Crippen molar-refractivity contribution >= 4 is 0 Å². The van der Waals surface area contributed by atoms with Crippen molar-refractivity contribution in [1.82, 2.24) is 5.32 Å². The van der Waals surface area contributed by atoms with Crippen LogP contribution < -0.4 is 5.32 Å². The molecule has 0 spiro atoms. The Kier molecular flexibility index (Phi) is 6.13. The Morgan fingerprint density at radius 1 is 1.04 bits per heavy atom. The van der Waals surface area contributed by atoms with Crippen LogP contribution in [0.1, 0.15) is 37.8 Å². The summed E-state index contributed by atoms with van der Waals surface area (Å²) in [6.07, 6.45) is 1.86. The van der Waals surface area contributed by atoms with E-state index in [4.69, 9.17) is 4.74 Å². The molecule has 1 heterocycles. The van der Waals surface area contributed by atoms with Crippen molar-refractivity contribution in [2.75, 3.05) is 19.8 Å². The Morgan fingerprint density at radius 2 is 1.69 bits per heavy atom. The third kappa shape index (κ3) is 4.35. The molecule has 0 aromatic heterocycles. The summed E-state index contributed by atoms with van der Waals surface area (Å²) in [6.45, 7) is 6.84. The molecule has 2 atom stereocenters. The zero-order chi connectivity index (χ0) is 18.5. The van der Waals surface area contributed by atoms with E-state index in [-0.39, 0.29) is 23.5 Å². The quantitative estimate of drug-likeness (QED) is 0.793. The molecule has 2 N–H and O–H groups in total. The maximum absolute atomic E-state index is 10.3. The minimum atomic E-state index is -0.180. The highest BCUT2D eigenvalue weighted by atomic mass is 16.5. The Hall–Kier alpha value is -1.68. The first-order chi connectivity index (χ1) is 12.6. The SMILES string of the molecule is CC1(C)C[C@](c2ccccc2)([C@H](CO)CNCc2ccccc2)CCO1. The van der Waals surface area contributed by atoms with E-state index in [9.17, 15) is 5.11 Å². The first-order valence-electron chi connectivity index (χ1n) is 9.61. The van der Waals surface area contributed by atoms with Crippen LogP contribution in [0.15, 0.2) is 60.7 Å². The lowest BCUT2D eigenvalue weighted by atomic mass is 9.62. The van der Waals surface area contributed by atoms with Gasteiger partial charge in [-0.1, -0.05) is 60.7 Å². The van der Waals surface area contributed by atoms with E-state index in [0.29, 0.717) is 0 Å². The fraction of sp³-hybridized carbons (Fsp3) is 0.478. The third-order valence-electron chi connectivity index (χ3n) is 5.70. The van der Waals surface area contributed by atoms with Gasteiger partial charge in [0.15, 0.2) is 0 Å². The van der Waals surface area contributed by atoms with Crippen LogP contribution in [-0.4, -0.2) is 30.5 Å². The maximum atomic E-state index is 10.3. The lowest BCUT2D eigenvalue weighted by Crippen LogP contribution is -2.51. The van der Waals surface area contributed by atoms with Gasteiger partial charge in [0.05, 0.1) is 5.60 Å². The van der Waals surface area contributed by atoms with Gasteiger partial charge in [0.1, 0.15) is 0 Å². The second-order valence-corrected chi connectivity index (χ2v) is 8.05. The number of ether oxygens (including phenoxy) is 1. The summed E-state index contributed by atoms with van der Waals surface area (Å²) in [4.78, 5) is 0. The average molecular weight is 354 g/mol. The Bertz CT molecular complexity index is 671. The van der Waals surface area contributed by atoms with Crippen LogP contribution in [-0.2, 0) is 16.7 Å². The van der Waals surface area contributed by atoms with Gasteiger partial charge in [0.2, 0.25) is 0 Å². The molecule has 3 heteroatoms. The van der Waals surface area contributed by atoms with Gasteiger partial charge in [-0.15, -0.1) is 0 Å². The van der Waals surface area contributed by atoms with Crippen molar-refractivity contribution in [3.05, 3.63) is 71.8 Å². The van der Waals surface area contributed by atoms with E-state index < -0.39 is 0 Å². The van der Waals surface area contributed by atoms with Crippen LogP contribution in [0.4, 0.5) is 0 Å². The molecule has 0 unspecified atom stereocenters. The standard InChI is InChI=1S/C23H31NO2/c1-22(2)18-23(13-14-26-22,20-11-7-4-8-12-20)21(17-25)16-24-15-19-9-5-3-6-10-19/h3-12,21,24-25H,13-18H2,1-2H3/t21-,23+/m0/s1. The molecule has 0 bridgehead atoms. The lowest BCUT2D eigenvalue weighted by molar-refractivity contribution is -0.0991. The number of aliphatic hydroxyl groups is 1. The first kappa shape index (κ1) is 19.1. The van der Waals surface area contributed by atoms with Gasteiger partial charge >= 0.3 is 0 Å². The second-order valence-electron chi connectivity index (χ2n) is 8.05. The molecule has 1 aliphatic heterocycles. The fourth-order valence-electron chi connectivity index (χ4n) is 4.43. The number of nitrogens with one attached hydrogen (secondary N) is 1. The van der Waals surface area contributed by atoms with Crippen LogP contribution >= 0.6 is 0 Å². The van der Waals surface area contributed by atoms with Gasteiger partial charge in [-0.05, 0) is 37.8 Å². The molecule has 2 aromatic carbocycles. The van der Waals surface area contributed by atoms with E-state index in [1.54, 1.807) is 0 Å². The maximum Gasteiger partial charge on any atom is 0.0635 e. The van der Waals surface area contributed by atoms with Gasteiger partial charge in [0, 0.05) is 37.6 Å². The predicted octanol–water partition coefficient (Wildman–Crippen LogP) is 3.91. The molecule has 0 aliphatic carbocycles. The van der Waals surface area contributed by atoms with Crippen LogP contribution in [0.5, 0.6) is 0 Å². The smallest absolute Gasteiger partial charge is 0.0635 e. The minimum Gasteiger partial charge on any atom is -0.396 e. The highest BCUT2D eigenvalue weighted by molar-refractivity contribution is 5.28. The largest absolute Gasteiger partial charge is 0.396 e. The van der Waals surface area contributed by atoms with E-state index in [2.05, 4.69) is 73.8 Å². The molecule has 3 nitrogen and oxygen atoms in total. The third-order valence-corrected chi connectivity index (χ3v) is 5.70. The molecule has 1 saturated heterocycles. The molecule has 2 aromatic rings. The molecule has 1 fully saturated rings. The molecular formula is C23H31NO2. The molecule has 0 saturated carbocycles. The van der Waals surface area contributed by atoms with Crippen molar-refractivity contribution in [2.45, 2.75) is 44.2 Å². The van der Waals surface area contributed by atoms with E-state index in [1.807, 2.05) is 6.07 Å². The van der Waals surface area contributed by atoms with Gasteiger partial charge in [-0.25, -0.2) is 0 Å². The number of rotatable bonds is 7. The molecule has 3 rings (SSSR count). The zero-order valence-corrected chi connectivity index (χ0v) is 15.9. The summed E-state index contributed by atoms with van der Waals surface area (Å²) in [7, 11) is 0. The first-order valence-corrected chi connectivity index (χ1v) is 9.61. The normalized spacial score (nSPS) is 23.5. The van der Waals surface area contributed by atoms with Crippen molar-refractivity contribution in [1.29, 1.82) is 0 Å². The lowest BCUT2D eigenvalue weighted by Gasteiger charge is -2.49. The Labute approximate surface area is 157 Å². The Morgan fingerprint density at radius 3 is 2.31 bits per heavy atom. The average Bonchev–Trinajstić information content (AvgIpc) is 2.66. The highest BCUT2D eigenvalue weighted by Crippen LogP contribution is 2.46. The van der Waals surface area contributed by atoms with Crippen LogP contribution in [0, 0.1) is 5.92 Å². The van der Waals surface area contributed by atoms with Crippen molar-refractivity contribution in [3.8, 4) is 0 Å². The van der Waals surface area contributed by atoms with Crippen molar-refractivity contribution in [3.63, 3.8) is 0 Å². The summed E-state index contributed by atoms with van der Waals surface area (Å²) in [5, 5.41) is 13.9. The highest BCUT2D eigenvalue weighted by Gasteiger charge is 2.46. The summed E-state index contributed by atoms with van der Waals surface area (Å²) in [6, 6.07) is 21.1. The van der Waals surface area contributed by atoms with Gasteiger partial charge in [-0.2, -0.15) is 0 Å². The van der Waals surface area contributed by atoms with Crippen molar-refractivity contribution < 1.29 is 9.84 Å². The zero-order valence-electron chi connectivity index (χ0n) is 15.9. The predicted molar refractivity (Wildman–Crippen MR) is 106 cm³/mol. The number of hydrogen-bond donors (Lipinski definition) is 2. The monoisotopic (exact) mass is 353 g/mol.